The molecule has 0 spiro atoms. The first-order valence-electron chi connectivity index (χ1n) is 6.83. The van der Waals surface area contributed by atoms with Gasteiger partial charge in [-0.2, -0.15) is 8.78 Å². The quantitative estimate of drug-likeness (QED) is 0.920. The van der Waals surface area contributed by atoms with Gasteiger partial charge in [-0.1, -0.05) is 44.2 Å². The highest BCUT2D eigenvalue weighted by Crippen LogP contribution is 2.29. The Labute approximate surface area is 122 Å². The van der Waals surface area contributed by atoms with E-state index >= 15 is 0 Å². The van der Waals surface area contributed by atoms with E-state index in [0.29, 0.717) is 0 Å². The minimum Gasteiger partial charge on any atom is -0.343 e. The zero-order valence-corrected chi connectivity index (χ0v) is 12.0. The van der Waals surface area contributed by atoms with E-state index < -0.39 is 30.3 Å². The molecule has 2 amide bonds. The van der Waals surface area contributed by atoms with Crippen LogP contribution in [0, 0.1) is 5.92 Å². The molecule has 6 heteroatoms. The van der Waals surface area contributed by atoms with E-state index in [1.807, 2.05) is 0 Å². The molecular weight excluding hydrogens is 278 g/mol. The first-order valence-corrected chi connectivity index (χ1v) is 6.83. The van der Waals surface area contributed by atoms with Gasteiger partial charge in [0, 0.05) is 5.56 Å². The fourth-order valence-electron chi connectivity index (χ4n) is 2.33. The van der Waals surface area contributed by atoms with Crippen LogP contribution in [-0.4, -0.2) is 35.8 Å². The van der Waals surface area contributed by atoms with Crippen molar-refractivity contribution in [2.75, 3.05) is 13.1 Å². The number of hydrogen-bond acceptors (Lipinski definition) is 2. The maximum absolute atomic E-state index is 14.2. The van der Waals surface area contributed by atoms with Crippen LogP contribution in [0.2, 0.25) is 0 Å². The van der Waals surface area contributed by atoms with E-state index in [9.17, 15) is 18.4 Å². The number of alkyl halides is 2. The summed E-state index contributed by atoms with van der Waals surface area (Å²) in [5.41, 5.74) is -0.162. The summed E-state index contributed by atoms with van der Waals surface area (Å²) in [7, 11) is 0. The van der Waals surface area contributed by atoms with Crippen molar-refractivity contribution in [1.29, 1.82) is 0 Å². The SMILES string of the molecule is CC(C)C1NC(=O)CN(CC(F)(F)c2ccccc2)C1=O. The number of hydrogen-bond donors (Lipinski definition) is 1. The third kappa shape index (κ3) is 3.37. The monoisotopic (exact) mass is 296 g/mol. The lowest BCUT2D eigenvalue weighted by Crippen LogP contribution is -2.61. The van der Waals surface area contributed by atoms with Crippen molar-refractivity contribution in [2.45, 2.75) is 25.8 Å². The van der Waals surface area contributed by atoms with Crippen molar-refractivity contribution >= 4 is 11.8 Å². The second kappa shape index (κ2) is 5.79. The highest BCUT2D eigenvalue weighted by molar-refractivity contribution is 5.95. The summed E-state index contributed by atoms with van der Waals surface area (Å²) in [6, 6.07) is 6.57. The predicted molar refractivity (Wildman–Crippen MR) is 73.7 cm³/mol. The van der Waals surface area contributed by atoms with Crippen LogP contribution >= 0.6 is 0 Å². The number of carbonyl (C=O) groups is 2. The molecule has 1 fully saturated rings. The summed E-state index contributed by atoms with van der Waals surface area (Å²) in [5.74, 6) is -4.19. The molecule has 1 aromatic carbocycles. The molecule has 1 N–H and O–H groups in total. The summed E-state index contributed by atoms with van der Waals surface area (Å²) in [6.45, 7) is 2.42. The fraction of sp³-hybridized carbons (Fsp3) is 0.467. The molecule has 2 rings (SSSR count). The Morgan fingerprint density at radius 1 is 1.29 bits per heavy atom. The molecule has 0 aromatic heterocycles. The molecular formula is C15H18F2N2O2. The van der Waals surface area contributed by atoms with Gasteiger partial charge in [-0.25, -0.2) is 0 Å². The van der Waals surface area contributed by atoms with E-state index in [1.165, 1.54) is 24.3 Å². The minimum absolute atomic E-state index is 0.144. The van der Waals surface area contributed by atoms with E-state index in [0.717, 1.165) is 4.90 Å². The Kier molecular flexibility index (Phi) is 4.25. The molecule has 4 nitrogen and oxygen atoms in total. The van der Waals surface area contributed by atoms with Crippen molar-refractivity contribution in [3.05, 3.63) is 35.9 Å². The Morgan fingerprint density at radius 3 is 2.48 bits per heavy atom. The Morgan fingerprint density at radius 2 is 1.90 bits per heavy atom. The Hall–Kier alpha value is -1.98. The predicted octanol–water partition coefficient (Wildman–Crippen LogP) is 1.76. The zero-order valence-electron chi connectivity index (χ0n) is 12.0. The molecule has 1 atom stereocenters. The van der Waals surface area contributed by atoms with Crippen LogP contribution in [0.1, 0.15) is 19.4 Å². The topological polar surface area (TPSA) is 49.4 Å². The molecule has 1 aliphatic rings. The largest absolute Gasteiger partial charge is 0.343 e. The van der Waals surface area contributed by atoms with Crippen molar-refractivity contribution in [2.24, 2.45) is 5.92 Å². The van der Waals surface area contributed by atoms with Crippen LogP contribution in [0.15, 0.2) is 30.3 Å². The summed E-state index contributed by atoms with van der Waals surface area (Å²) >= 11 is 0. The highest BCUT2D eigenvalue weighted by atomic mass is 19.3. The standard InChI is InChI=1S/C15H18F2N2O2/c1-10(2)13-14(21)19(8-12(20)18-13)9-15(16,17)11-6-4-3-5-7-11/h3-7,10,13H,8-9H2,1-2H3,(H,18,20). The van der Waals surface area contributed by atoms with Gasteiger partial charge >= 0.3 is 0 Å². The Balaban J connectivity index is 2.17. The van der Waals surface area contributed by atoms with Crippen LogP contribution in [0.3, 0.4) is 0 Å². The van der Waals surface area contributed by atoms with Crippen molar-refractivity contribution in [3.63, 3.8) is 0 Å². The summed E-state index contributed by atoms with van der Waals surface area (Å²) < 4.78 is 28.5. The van der Waals surface area contributed by atoms with E-state index in [2.05, 4.69) is 5.32 Å². The van der Waals surface area contributed by atoms with Crippen molar-refractivity contribution < 1.29 is 18.4 Å². The second-order valence-electron chi connectivity index (χ2n) is 5.55. The van der Waals surface area contributed by atoms with Crippen molar-refractivity contribution in [3.8, 4) is 0 Å². The molecule has 1 unspecified atom stereocenters. The smallest absolute Gasteiger partial charge is 0.290 e. The summed E-state index contributed by atoms with van der Waals surface area (Å²) in [6.07, 6.45) is 0. The number of rotatable bonds is 4. The highest BCUT2D eigenvalue weighted by Gasteiger charge is 2.41. The van der Waals surface area contributed by atoms with Crippen LogP contribution in [0.25, 0.3) is 0 Å². The molecule has 1 aromatic rings. The first kappa shape index (κ1) is 15.4. The lowest BCUT2D eigenvalue weighted by atomic mass is 9.99. The Bertz CT molecular complexity index is 532. The molecule has 0 saturated carbocycles. The lowest BCUT2D eigenvalue weighted by Gasteiger charge is -2.36. The van der Waals surface area contributed by atoms with Gasteiger partial charge in [0.1, 0.15) is 6.04 Å². The van der Waals surface area contributed by atoms with Gasteiger partial charge in [0.25, 0.3) is 5.92 Å². The van der Waals surface area contributed by atoms with Crippen LogP contribution < -0.4 is 5.32 Å². The molecule has 0 aliphatic carbocycles. The van der Waals surface area contributed by atoms with Gasteiger partial charge in [0.05, 0.1) is 13.1 Å². The second-order valence-corrected chi connectivity index (χ2v) is 5.55. The number of nitrogens with zero attached hydrogens (tertiary/aromatic N) is 1. The number of nitrogens with one attached hydrogen (secondary N) is 1. The maximum atomic E-state index is 14.2. The first-order chi connectivity index (χ1) is 9.81. The average molecular weight is 296 g/mol. The van der Waals surface area contributed by atoms with E-state index in [4.69, 9.17) is 0 Å². The third-order valence-electron chi connectivity index (χ3n) is 3.48. The number of piperazine rings is 1. The molecule has 114 valence electrons. The maximum Gasteiger partial charge on any atom is 0.290 e. The van der Waals surface area contributed by atoms with Gasteiger partial charge in [0.15, 0.2) is 0 Å². The fourth-order valence-corrected chi connectivity index (χ4v) is 2.33. The van der Waals surface area contributed by atoms with Gasteiger partial charge in [-0.15, -0.1) is 0 Å². The van der Waals surface area contributed by atoms with Gasteiger partial charge in [-0.3, -0.25) is 9.59 Å². The summed E-state index contributed by atoms with van der Waals surface area (Å²) in [5, 5.41) is 2.55. The molecule has 0 bridgehead atoms. The summed E-state index contributed by atoms with van der Waals surface area (Å²) in [4.78, 5) is 24.7. The third-order valence-corrected chi connectivity index (χ3v) is 3.48. The molecule has 0 radical (unpaired) electrons. The number of halogens is 2. The van der Waals surface area contributed by atoms with Crippen LogP contribution in [-0.2, 0) is 15.5 Å². The average Bonchev–Trinajstić information content (AvgIpc) is 2.43. The van der Waals surface area contributed by atoms with Crippen molar-refractivity contribution in [1.82, 2.24) is 10.2 Å². The lowest BCUT2D eigenvalue weighted by molar-refractivity contribution is -0.151. The van der Waals surface area contributed by atoms with Crippen LogP contribution in [0.4, 0.5) is 8.78 Å². The number of carbonyl (C=O) groups excluding carboxylic acids is 2. The van der Waals surface area contributed by atoms with Crippen LogP contribution in [0.5, 0.6) is 0 Å². The normalized spacial score (nSPS) is 19.9. The molecule has 1 saturated heterocycles. The molecule has 21 heavy (non-hydrogen) atoms. The minimum atomic E-state index is -3.18. The molecule has 1 heterocycles. The van der Waals surface area contributed by atoms with E-state index in [-0.39, 0.29) is 18.0 Å². The van der Waals surface area contributed by atoms with Gasteiger partial charge in [0.2, 0.25) is 11.8 Å². The van der Waals surface area contributed by atoms with Gasteiger partial charge in [-0.05, 0) is 5.92 Å². The molecule has 1 aliphatic heterocycles. The van der Waals surface area contributed by atoms with E-state index in [1.54, 1.807) is 19.9 Å². The number of amides is 2. The zero-order chi connectivity index (χ0) is 15.6. The number of benzene rings is 1. The van der Waals surface area contributed by atoms with Gasteiger partial charge < -0.3 is 10.2 Å².